The minimum Gasteiger partial charge on any atom is -0.366 e. The predicted molar refractivity (Wildman–Crippen MR) is 41.3 cm³/mol. The van der Waals surface area contributed by atoms with Crippen molar-refractivity contribution in [2.75, 3.05) is 6.26 Å². The van der Waals surface area contributed by atoms with Crippen LogP contribution in [0.5, 0.6) is 0 Å². The van der Waals surface area contributed by atoms with Crippen molar-refractivity contribution in [2.24, 2.45) is 5.73 Å². The van der Waals surface area contributed by atoms with Crippen molar-refractivity contribution >= 4 is 17.7 Å². The van der Waals surface area contributed by atoms with Crippen LogP contribution in [0, 0.1) is 0 Å². The average Bonchev–Trinajstić information content (AvgIpc) is 1.84. The molecule has 0 saturated heterocycles. The molecule has 0 aliphatic carbocycles. The SMILES string of the molecule is C=C(C(N)=O)C(C)SC. The van der Waals surface area contributed by atoms with Gasteiger partial charge in [0.1, 0.15) is 0 Å². The van der Waals surface area contributed by atoms with E-state index >= 15 is 0 Å². The van der Waals surface area contributed by atoms with Gasteiger partial charge in [-0.1, -0.05) is 6.58 Å². The van der Waals surface area contributed by atoms with Crippen LogP contribution in [-0.4, -0.2) is 17.4 Å². The van der Waals surface area contributed by atoms with E-state index in [-0.39, 0.29) is 5.25 Å². The minimum atomic E-state index is -0.406. The Labute approximate surface area is 59.5 Å². The zero-order valence-electron chi connectivity index (χ0n) is 5.68. The standard InChI is InChI=1S/C6H11NOS/c1-4(6(7)8)5(2)9-3/h5H,1H2,2-3H3,(H2,7,8). The van der Waals surface area contributed by atoms with Crippen LogP contribution in [0.1, 0.15) is 6.92 Å². The summed E-state index contributed by atoms with van der Waals surface area (Å²) in [5, 5.41) is 0.141. The maximum atomic E-state index is 10.4. The average molecular weight is 145 g/mol. The van der Waals surface area contributed by atoms with Gasteiger partial charge in [0.25, 0.3) is 0 Å². The number of hydrogen-bond acceptors (Lipinski definition) is 2. The number of carbonyl (C=O) groups excluding carboxylic acids is 1. The lowest BCUT2D eigenvalue weighted by atomic mass is 10.2. The van der Waals surface area contributed by atoms with Crippen molar-refractivity contribution in [3.63, 3.8) is 0 Å². The van der Waals surface area contributed by atoms with Crippen molar-refractivity contribution < 1.29 is 4.79 Å². The summed E-state index contributed by atoms with van der Waals surface area (Å²) >= 11 is 1.56. The summed E-state index contributed by atoms with van der Waals surface area (Å²) in [5.74, 6) is -0.406. The number of primary amides is 1. The van der Waals surface area contributed by atoms with Crippen molar-refractivity contribution in [3.8, 4) is 0 Å². The Morgan fingerprint density at radius 3 is 2.33 bits per heavy atom. The summed E-state index contributed by atoms with van der Waals surface area (Å²) < 4.78 is 0. The first-order chi connectivity index (χ1) is 4.09. The van der Waals surface area contributed by atoms with Crippen LogP contribution in [0.4, 0.5) is 0 Å². The summed E-state index contributed by atoms with van der Waals surface area (Å²) in [6.07, 6.45) is 1.92. The molecule has 1 amide bonds. The van der Waals surface area contributed by atoms with Crippen LogP contribution in [0.15, 0.2) is 12.2 Å². The highest BCUT2D eigenvalue weighted by atomic mass is 32.2. The lowest BCUT2D eigenvalue weighted by Gasteiger charge is -2.06. The Morgan fingerprint density at radius 1 is 1.78 bits per heavy atom. The summed E-state index contributed by atoms with van der Waals surface area (Å²) in [5.41, 5.74) is 5.45. The molecule has 1 unspecified atom stereocenters. The molecule has 3 heteroatoms. The third-order valence-corrected chi connectivity index (χ3v) is 2.15. The third kappa shape index (κ3) is 2.56. The van der Waals surface area contributed by atoms with Gasteiger partial charge in [-0.25, -0.2) is 0 Å². The van der Waals surface area contributed by atoms with E-state index in [1.165, 1.54) is 0 Å². The largest absolute Gasteiger partial charge is 0.366 e. The monoisotopic (exact) mass is 145 g/mol. The molecule has 2 N–H and O–H groups in total. The molecule has 0 aromatic heterocycles. The van der Waals surface area contributed by atoms with Gasteiger partial charge in [-0.3, -0.25) is 4.79 Å². The summed E-state index contributed by atoms with van der Waals surface area (Å²) in [6.45, 7) is 5.43. The first-order valence-corrected chi connectivity index (χ1v) is 3.89. The lowest BCUT2D eigenvalue weighted by Crippen LogP contribution is -2.19. The molecule has 0 heterocycles. The lowest BCUT2D eigenvalue weighted by molar-refractivity contribution is -0.114. The molecule has 9 heavy (non-hydrogen) atoms. The fourth-order valence-corrected chi connectivity index (χ4v) is 0.743. The second kappa shape index (κ2) is 3.56. The topological polar surface area (TPSA) is 43.1 Å². The second-order valence-electron chi connectivity index (χ2n) is 1.77. The number of hydrogen-bond donors (Lipinski definition) is 1. The van der Waals surface area contributed by atoms with Crippen LogP contribution < -0.4 is 5.73 Å². The zero-order valence-corrected chi connectivity index (χ0v) is 6.49. The smallest absolute Gasteiger partial charge is 0.245 e. The number of nitrogens with two attached hydrogens (primary N) is 1. The van der Waals surface area contributed by atoms with Gasteiger partial charge in [0.05, 0.1) is 0 Å². The van der Waals surface area contributed by atoms with Crippen molar-refractivity contribution in [3.05, 3.63) is 12.2 Å². The molecule has 0 spiro atoms. The first-order valence-electron chi connectivity index (χ1n) is 2.61. The Morgan fingerprint density at radius 2 is 2.22 bits per heavy atom. The summed E-state index contributed by atoms with van der Waals surface area (Å²) in [7, 11) is 0. The maximum absolute atomic E-state index is 10.4. The Hall–Kier alpha value is -0.440. The molecule has 0 rings (SSSR count). The molecule has 0 bridgehead atoms. The minimum absolute atomic E-state index is 0.141. The molecule has 0 saturated carbocycles. The van der Waals surface area contributed by atoms with Gasteiger partial charge < -0.3 is 5.73 Å². The molecule has 1 atom stereocenters. The Bertz CT molecular complexity index is 133. The molecular weight excluding hydrogens is 134 g/mol. The van der Waals surface area contributed by atoms with Crippen molar-refractivity contribution in [1.82, 2.24) is 0 Å². The van der Waals surface area contributed by atoms with Crippen molar-refractivity contribution in [1.29, 1.82) is 0 Å². The van der Waals surface area contributed by atoms with E-state index in [0.29, 0.717) is 5.57 Å². The summed E-state index contributed by atoms with van der Waals surface area (Å²) in [6, 6.07) is 0. The molecule has 52 valence electrons. The highest BCUT2D eigenvalue weighted by Crippen LogP contribution is 2.12. The molecule has 0 aromatic rings. The molecule has 0 aromatic carbocycles. The van der Waals surface area contributed by atoms with Gasteiger partial charge >= 0.3 is 0 Å². The van der Waals surface area contributed by atoms with Gasteiger partial charge in [-0.05, 0) is 13.2 Å². The third-order valence-electron chi connectivity index (χ3n) is 1.16. The molecule has 0 radical (unpaired) electrons. The fourth-order valence-electron chi connectivity index (χ4n) is 0.343. The first kappa shape index (κ1) is 8.56. The number of thioether (sulfide) groups is 1. The van der Waals surface area contributed by atoms with E-state index in [1.807, 2.05) is 13.2 Å². The quantitative estimate of drug-likeness (QED) is 0.596. The van der Waals surface area contributed by atoms with Crippen LogP contribution >= 0.6 is 11.8 Å². The van der Waals surface area contributed by atoms with E-state index in [2.05, 4.69) is 6.58 Å². The van der Waals surface area contributed by atoms with E-state index in [9.17, 15) is 4.79 Å². The Balaban J connectivity index is 3.88. The number of rotatable bonds is 3. The molecule has 2 nitrogen and oxygen atoms in total. The van der Waals surface area contributed by atoms with Gasteiger partial charge in [0, 0.05) is 10.8 Å². The normalized spacial score (nSPS) is 12.7. The summed E-state index contributed by atoms with van der Waals surface area (Å²) in [4.78, 5) is 10.4. The number of amides is 1. The van der Waals surface area contributed by atoms with Crippen LogP contribution in [0.3, 0.4) is 0 Å². The van der Waals surface area contributed by atoms with Crippen molar-refractivity contribution in [2.45, 2.75) is 12.2 Å². The van der Waals surface area contributed by atoms with E-state index < -0.39 is 5.91 Å². The molecule has 0 aliphatic rings. The van der Waals surface area contributed by atoms with Gasteiger partial charge in [0.2, 0.25) is 5.91 Å². The van der Waals surface area contributed by atoms with Gasteiger partial charge in [0.15, 0.2) is 0 Å². The fraction of sp³-hybridized carbons (Fsp3) is 0.500. The van der Waals surface area contributed by atoms with Crippen LogP contribution in [0.2, 0.25) is 0 Å². The van der Waals surface area contributed by atoms with E-state index in [0.717, 1.165) is 0 Å². The van der Waals surface area contributed by atoms with Crippen LogP contribution in [0.25, 0.3) is 0 Å². The van der Waals surface area contributed by atoms with E-state index in [4.69, 9.17) is 5.73 Å². The maximum Gasteiger partial charge on any atom is 0.245 e. The number of carbonyl (C=O) groups is 1. The van der Waals surface area contributed by atoms with Crippen LogP contribution in [-0.2, 0) is 4.79 Å². The highest BCUT2D eigenvalue weighted by molar-refractivity contribution is 7.99. The highest BCUT2D eigenvalue weighted by Gasteiger charge is 2.08. The zero-order chi connectivity index (χ0) is 7.44. The van der Waals surface area contributed by atoms with Gasteiger partial charge in [-0.2, -0.15) is 11.8 Å². The Kier molecular flexibility index (Phi) is 3.39. The van der Waals surface area contributed by atoms with Gasteiger partial charge in [-0.15, -0.1) is 0 Å². The molecular formula is C6H11NOS. The molecule has 0 aliphatic heterocycles. The second-order valence-corrected chi connectivity index (χ2v) is 2.95. The molecule has 0 fully saturated rings. The van der Waals surface area contributed by atoms with E-state index in [1.54, 1.807) is 11.8 Å². The predicted octanol–water partition coefficient (Wildman–Crippen LogP) is 0.779.